The molecule has 0 aliphatic heterocycles. The van der Waals surface area contributed by atoms with Crippen LogP contribution in [0.1, 0.15) is 42.5 Å². The summed E-state index contributed by atoms with van der Waals surface area (Å²) in [5, 5.41) is 2.74. The Morgan fingerprint density at radius 2 is 1.67 bits per heavy atom. The molecule has 0 unspecified atom stereocenters. The number of hydrogen-bond donors (Lipinski definition) is 2. The van der Waals surface area contributed by atoms with Gasteiger partial charge < -0.3 is 11.1 Å². The van der Waals surface area contributed by atoms with Crippen LogP contribution >= 0.6 is 0 Å². The Labute approximate surface area is 160 Å². The third-order valence-corrected chi connectivity index (χ3v) is 7.02. The maximum Gasteiger partial charge on any atom is 0.255 e. The van der Waals surface area contributed by atoms with Crippen LogP contribution in [0.2, 0.25) is 0 Å². The van der Waals surface area contributed by atoms with Crippen molar-refractivity contribution in [3.63, 3.8) is 0 Å². The second-order valence-corrected chi connectivity index (χ2v) is 8.88. The summed E-state index contributed by atoms with van der Waals surface area (Å²) in [7, 11) is -1.92. The van der Waals surface area contributed by atoms with Crippen molar-refractivity contribution in [3.8, 4) is 0 Å². The third kappa shape index (κ3) is 4.31. The summed E-state index contributed by atoms with van der Waals surface area (Å²) >= 11 is 0. The van der Waals surface area contributed by atoms with E-state index in [1.54, 1.807) is 31.3 Å². The average Bonchev–Trinajstić information content (AvgIpc) is 2.70. The molecule has 6 nitrogen and oxygen atoms in total. The van der Waals surface area contributed by atoms with Gasteiger partial charge in [0.1, 0.15) is 0 Å². The first kappa shape index (κ1) is 19.4. The van der Waals surface area contributed by atoms with Crippen LogP contribution in [-0.2, 0) is 10.0 Å². The minimum Gasteiger partial charge on any atom is -0.397 e. The predicted molar refractivity (Wildman–Crippen MR) is 107 cm³/mol. The average molecular weight is 388 g/mol. The molecule has 0 heterocycles. The Kier molecular flexibility index (Phi) is 5.82. The van der Waals surface area contributed by atoms with E-state index >= 15 is 0 Å². The summed E-state index contributed by atoms with van der Waals surface area (Å²) in [6.07, 6.45) is 5.09. The number of nitrogen functional groups attached to an aromatic ring is 1. The summed E-state index contributed by atoms with van der Waals surface area (Å²) in [6, 6.07) is 13.0. The Morgan fingerprint density at radius 3 is 2.30 bits per heavy atom. The molecule has 0 aromatic heterocycles. The molecule has 144 valence electrons. The molecule has 2 aromatic carbocycles. The number of nitrogens with two attached hydrogens (primary N) is 1. The van der Waals surface area contributed by atoms with E-state index in [1.807, 2.05) is 0 Å². The standard InChI is InChI=1S/C20H25N3O3S/c1-23(16-7-3-2-4-8-16)27(25,26)17-13-11-15(12-14-17)20(24)22-19-10-6-5-9-18(19)21/h5-6,9-14,16H,2-4,7-8,21H2,1H3,(H,22,24). The normalized spacial score (nSPS) is 15.6. The fourth-order valence-corrected chi connectivity index (χ4v) is 4.81. The molecule has 7 heteroatoms. The largest absolute Gasteiger partial charge is 0.397 e. The van der Waals surface area contributed by atoms with E-state index in [2.05, 4.69) is 5.32 Å². The highest BCUT2D eigenvalue weighted by Gasteiger charge is 2.29. The van der Waals surface area contributed by atoms with Gasteiger partial charge >= 0.3 is 0 Å². The lowest BCUT2D eigenvalue weighted by molar-refractivity contribution is 0.102. The molecule has 27 heavy (non-hydrogen) atoms. The van der Waals surface area contributed by atoms with E-state index in [1.165, 1.54) is 35.0 Å². The van der Waals surface area contributed by atoms with Crippen molar-refractivity contribution in [1.82, 2.24) is 4.31 Å². The van der Waals surface area contributed by atoms with Crippen molar-refractivity contribution in [2.45, 2.75) is 43.0 Å². The van der Waals surface area contributed by atoms with Gasteiger partial charge in [-0.1, -0.05) is 31.4 Å². The molecular formula is C20H25N3O3S. The van der Waals surface area contributed by atoms with Crippen LogP contribution in [0.25, 0.3) is 0 Å². The summed E-state index contributed by atoms with van der Waals surface area (Å²) in [6.45, 7) is 0. The number of amides is 1. The van der Waals surface area contributed by atoms with Gasteiger partial charge in [0.05, 0.1) is 16.3 Å². The number of nitrogens with zero attached hydrogens (tertiary/aromatic N) is 1. The van der Waals surface area contributed by atoms with Gasteiger partial charge in [0, 0.05) is 18.7 Å². The first-order valence-corrected chi connectivity index (χ1v) is 10.6. The Bertz CT molecular complexity index is 904. The number of carbonyl (C=O) groups excluding carboxylic acids is 1. The highest BCUT2D eigenvalue weighted by atomic mass is 32.2. The first-order valence-electron chi connectivity index (χ1n) is 9.13. The minimum atomic E-state index is -3.57. The number of benzene rings is 2. The van der Waals surface area contributed by atoms with Gasteiger partial charge in [0.15, 0.2) is 0 Å². The van der Waals surface area contributed by atoms with E-state index in [4.69, 9.17) is 5.73 Å². The highest BCUT2D eigenvalue weighted by molar-refractivity contribution is 7.89. The zero-order valence-electron chi connectivity index (χ0n) is 15.4. The van der Waals surface area contributed by atoms with Crippen molar-refractivity contribution < 1.29 is 13.2 Å². The van der Waals surface area contributed by atoms with Gasteiger partial charge in [0.2, 0.25) is 10.0 Å². The molecule has 1 aliphatic carbocycles. The summed E-state index contributed by atoms with van der Waals surface area (Å²) in [5.41, 5.74) is 7.20. The van der Waals surface area contributed by atoms with Crippen LogP contribution in [0.4, 0.5) is 11.4 Å². The molecule has 0 saturated heterocycles. The lowest BCUT2D eigenvalue weighted by Crippen LogP contribution is -2.38. The van der Waals surface area contributed by atoms with Crippen LogP contribution in [-0.4, -0.2) is 31.7 Å². The molecule has 0 radical (unpaired) electrons. The van der Waals surface area contributed by atoms with Crippen molar-refractivity contribution >= 4 is 27.3 Å². The fraction of sp³-hybridized carbons (Fsp3) is 0.350. The Balaban J connectivity index is 1.74. The molecule has 1 amide bonds. The van der Waals surface area contributed by atoms with Crippen LogP contribution in [0.15, 0.2) is 53.4 Å². The zero-order chi connectivity index (χ0) is 19.4. The van der Waals surface area contributed by atoms with Crippen LogP contribution in [0.3, 0.4) is 0 Å². The number of nitrogens with one attached hydrogen (secondary N) is 1. The number of rotatable bonds is 5. The van der Waals surface area contributed by atoms with Crippen LogP contribution in [0.5, 0.6) is 0 Å². The summed E-state index contributed by atoms with van der Waals surface area (Å²) in [5.74, 6) is -0.336. The fourth-order valence-electron chi connectivity index (χ4n) is 3.39. The molecular weight excluding hydrogens is 362 g/mol. The molecule has 2 aromatic rings. The maximum atomic E-state index is 12.9. The van der Waals surface area contributed by atoms with Crippen molar-refractivity contribution in [1.29, 1.82) is 0 Å². The number of para-hydroxylation sites is 2. The quantitative estimate of drug-likeness (QED) is 0.768. The van der Waals surface area contributed by atoms with Gasteiger partial charge in [0.25, 0.3) is 5.91 Å². The molecule has 0 bridgehead atoms. The lowest BCUT2D eigenvalue weighted by Gasteiger charge is -2.30. The second-order valence-electron chi connectivity index (χ2n) is 6.88. The molecule has 3 N–H and O–H groups in total. The molecule has 3 rings (SSSR count). The monoisotopic (exact) mass is 387 g/mol. The van der Waals surface area contributed by atoms with Gasteiger partial charge in [-0.15, -0.1) is 0 Å². The minimum absolute atomic E-state index is 0.0489. The molecule has 0 spiro atoms. The van der Waals surface area contributed by atoms with E-state index in [0.29, 0.717) is 16.9 Å². The first-order chi connectivity index (χ1) is 12.9. The smallest absolute Gasteiger partial charge is 0.255 e. The van der Waals surface area contributed by atoms with Gasteiger partial charge in [-0.25, -0.2) is 8.42 Å². The molecule has 1 fully saturated rings. The predicted octanol–water partition coefficient (Wildman–Crippen LogP) is 3.47. The number of anilines is 2. The van der Waals surface area contributed by atoms with Gasteiger partial charge in [-0.3, -0.25) is 4.79 Å². The summed E-state index contributed by atoms with van der Waals surface area (Å²) < 4.78 is 27.2. The number of sulfonamides is 1. The van der Waals surface area contributed by atoms with Gasteiger partial charge in [-0.2, -0.15) is 4.31 Å². The van der Waals surface area contributed by atoms with Crippen molar-refractivity contribution in [2.75, 3.05) is 18.1 Å². The molecule has 1 aliphatic rings. The lowest BCUT2D eigenvalue weighted by atomic mass is 9.96. The van der Waals surface area contributed by atoms with Crippen LogP contribution < -0.4 is 11.1 Å². The SMILES string of the molecule is CN(C1CCCCC1)S(=O)(=O)c1ccc(C(=O)Nc2ccccc2N)cc1. The Hall–Kier alpha value is -2.38. The van der Waals surface area contributed by atoms with Crippen LogP contribution in [0, 0.1) is 0 Å². The number of carbonyl (C=O) groups is 1. The molecule has 0 atom stereocenters. The Morgan fingerprint density at radius 1 is 1.04 bits per heavy atom. The van der Waals surface area contributed by atoms with Crippen molar-refractivity contribution in [2.24, 2.45) is 0 Å². The van der Waals surface area contributed by atoms with E-state index in [9.17, 15) is 13.2 Å². The highest BCUT2D eigenvalue weighted by Crippen LogP contribution is 2.26. The van der Waals surface area contributed by atoms with Gasteiger partial charge in [-0.05, 0) is 49.2 Å². The topological polar surface area (TPSA) is 92.5 Å². The van der Waals surface area contributed by atoms with Crippen molar-refractivity contribution in [3.05, 3.63) is 54.1 Å². The maximum absolute atomic E-state index is 12.9. The number of hydrogen-bond acceptors (Lipinski definition) is 4. The second kappa shape index (κ2) is 8.10. The van der Waals surface area contributed by atoms with E-state index in [0.717, 1.165) is 25.7 Å². The van der Waals surface area contributed by atoms with E-state index in [-0.39, 0.29) is 16.8 Å². The van der Waals surface area contributed by atoms with E-state index < -0.39 is 10.0 Å². The summed E-state index contributed by atoms with van der Waals surface area (Å²) in [4.78, 5) is 12.6. The molecule has 1 saturated carbocycles. The zero-order valence-corrected chi connectivity index (χ0v) is 16.2. The third-order valence-electron chi connectivity index (χ3n) is 5.09.